The number of para-hydroxylation sites is 1. The number of thioether (sulfide) groups is 1. The topological polar surface area (TPSA) is 87.5 Å². The number of hydrogen-bond acceptors (Lipinski definition) is 7. The Morgan fingerprint density at radius 3 is 2.79 bits per heavy atom. The lowest BCUT2D eigenvalue weighted by Gasteiger charge is -2.11. The zero-order valence-electron chi connectivity index (χ0n) is 18.5. The number of ether oxygens (including phenoxy) is 1. The lowest BCUT2D eigenvalue weighted by atomic mass is 10.2. The molecule has 0 aliphatic heterocycles. The van der Waals surface area contributed by atoms with E-state index in [-0.39, 0.29) is 5.56 Å². The van der Waals surface area contributed by atoms with Gasteiger partial charge in [-0.15, -0.1) is 10.2 Å². The Balaban J connectivity index is 1.46. The summed E-state index contributed by atoms with van der Waals surface area (Å²) in [5.74, 6) is 1.51. The maximum Gasteiger partial charge on any atom is 0.262 e. The minimum Gasteiger partial charge on any atom is -0.444 e. The van der Waals surface area contributed by atoms with Crippen molar-refractivity contribution in [2.45, 2.75) is 30.8 Å². The predicted octanol–water partition coefficient (Wildman–Crippen LogP) is 5.07. The van der Waals surface area contributed by atoms with Crippen molar-refractivity contribution in [3.05, 3.63) is 75.9 Å². The molecule has 3 heterocycles. The van der Waals surface area contributed by atoms with Crippen LogP contribution in [-0.2, 0) is 17.0 Å². The third-order valence-corrected chi connectivity index (χ3v) is 6.65. The molecular formula is C24H22ClN5O3S. The summed E-state index contributed by atoms with van der Waals surface area (Å²) in [6, 6.07) is 14.9. The first-order valence-electron chi connectivity index (χ1n) is 10.9. The van der Waals surface area contributed by atoms with E-state index in [4.69, 9.17) is 20.8 Å². The van der Waals surface area contributed by atoms with E-state index in [2.05, 4.69) is 15.2 Å². The van der Waals surface area contributed by atoms with Gasteiger partial charge in [-0.2, -0.15) is 0 Å². The van der Waals surface area contributed by atoms with Crippen LogP contribution in [0.2, 0.25) is 5.02 Å². The highest BCUT2D eigenvalue weighted by Gasteiger charge is 2.17. The maximum atomic E-state index is 13.2. The van der Waals surface area contributed by atoms with Crippen molar-refractivity contribution in [2.75, 3.05) is 13.2 Å². The SMILES string of the molecule is CCOCCCn1c(=O)c2ccccc2n2c(SCc3coc(-c4ccccc4Cl)n3)nnc12. The van der Waals surface area contributed by atoms with E-state index in [1.807, 2.05) is 53.8 Å². The van der Waals surface area contributed by atoms with Crippen LogP contribution in [0, 0.1) is 0 Å². The van der Waals surface area contributed by atoms with Crippen LogP contribution in [0.5, 0.6) is 0 Å². The van der Waals surface area contributed by atoms with E-state index in [1.165, 1.54) is 11.8 Å². The lowest BCUT2D eigenvalue weighted by Crippen LogP contribution is -2.24. The molecule has 3 aromatic heterocycles. The summed E-state index contributed by atoms with van der Waals surface area (Å²) < 4.78 is 14.7. The number of fused-ring (bicyclic) bond motifs is 3. The summed E-state index contributed by atoms with van der Waals surface area (Å²) in [4.78, 5) is 17.7. The van der Waals surface area contributed by atoms with Crippen LogP contribution in [-0.4, -0.2) is 37.4 Å². The second-order valence-corrected chi connectivity index (χ2v) is 8.90. The van der Waals surface area contributed by atoms with Gasteiger partial charge >= 0.3 is 0 Å². The Morgan fingerprint density at radius 1 is 1.12 bits per heavy atom. The number of halogens is 1. The summed E-state index contributed by atoms with van der Waals surface area (Å²) in [7, 11) is 0. The normalized spacial score (nSPS) is 11.6. The fourth-order valence-corrected chi connectivity index (χ4v) is 4.80. The number of rotatable bonds is 9. The molecule has 0 atom stereocenters. The lowest BCUT2D eigenvalue weighted by molar-refractivity contribution is 0.141. The molecule has 2 aromatic carbocycles. The van der Waals surface area contributed by atoms with Gasteiger partial charge in [-0.05, 0) is 37.6 Å². The number of benzene rings is 2. The molecular weight excluding hydrogens is 474 g/mol. The molecule has 8 nitrogen and oxygen atoms in total. The highest BCUT2D eigenvalue weighted by atomic mass is 35.5. The molecule has 0 radical (unpaired) electrons. The van der Waals surface area contributed by atoms with Crippen molar-refractivity contribution < 1.29 is 9.15 Å². The van der Waals surface area contributed by atoms with E-state index < -0.39 is 0 Å². The zero-order chi connectivity index (χ0) is 23.5. The summed E-state index contributed by atoms with van der Waals surface area (Å²) >= 11 is 7.74. The van der Waals surface area contributed by atoms with Gasteiger partial charge in [0.25, 0.3) is 5.56 Å². The van der Waals surface area contributed by atoms with Gasteiger partial charge in [0.05, 0.1) is 27.2 Å². The third-order valence-electron chi connectivity index (χ3n) is 5.36. The van der Waals surface area contributed by atoms with Crippen molar-refractivity contribution in [3.8, 4) is 11.5 Å². The van der Waals surface area contributed by atoms with Crippen LogP contribution in [0.25, 0.3) is 28.1 Å². The van der Waals surface area contributed by atoms with Crippen molar-refractivity contribution in [1.82, 2.24) is 24.1 Å². The first-order valence-corrected chi connectivity index (χ1v) is 12.3. The van der Waals surface area contributed by atoms with Gasteiger partial charge in [-0.25, -0.2) is 4.98 Å². The molecule has 10 heteroatoms. The molecule has 0 bridgehead atoms. The van der Waals surface area contributed by atoms with Crippen molar-refractivity contribution in [1.29, 1.82) is 0 Å². The van der Waals surface area contributed by atoms with Crippen LogP contribution in [0.1, 0.15) is 19.0 Å². The van der Waals surface area contributed by atoms with Gasteiger partial charge in [-0.3, -0.25) is 13.8 Å². The Hall–Kier alpha value is -3.14. The molecule has 0 saturated heterocycles. The largest absolute Gasteiger partial charge is 0.444 e. The maximum absolute atomic E-state index is 13.2. The molecule has 34 heavy (non-hydrogen) atoms. The molecule has 0 unspecified atom stereocenters. The predicted molar refractivity (Wildman–Crippen MR) is 132 cm³/mol. The highest BCUT2D eigenvalue weighted by molar-refractivity contribution is 7.98. The first-order chi connectivity index (χ1) is 16.7. The molecule has 174 valence electrons. The van der Waals surface area contributed by atoms with E-state index >= 15 is 0 Å². The van der Waals surface area contributed by atoms with Gasteiger partial charge in [0.1, 0.15) is 6.26 Å². The number of aryl methyl sites for hydroxylation is 1. The van der Waals surface area contributed by atoms with Crippen LogP contribution >= 0.6 is 23.4 Å². The van der Waals surface area contributed by atoms with Gasteiger partial charge in [0, 0.05) is 25.5 Å². The number of nitrogens with zero attached hydrogens (tertiary/aromatic N) is 5. The fourth-order valence-electron chi connectivity index (χ4n) is 3.77. The standard InChI is InChI=1S/C24H22ClN5O3S/c1-2-32-13-7-12-29-22(31)18-9-4-6-11-20(18)30-23(29)27-28-24(30)34-15-16-14-33-21(26-16)17-8-3-5-10-19(17)25/h3-6,8-11,14H,2,7,12-13,15H2,1H3. The van der Waals surface area contributed by atoms with Crippen molar-refractivity contribution in [2.24, 2.45) is 0 Å². The number of aromatic nitrogens is 5. The molecule has 0 N–H and O–H groups in total. The fraction of sp³-hybridized carbons (Fsp3) is 0.250. The van der Waals surface area contributed by atoms with Gasteiger partial charge in [-0.1, -0.05) is 47.6 Å². The molecule has 0 aliphatic rings. The van der Waals surface area contributed by atoms with Gasteiger partial charge < -0.3 is 9.15 Å². The van der Waals surface area contributed by atoms with Crippen LogP contribution in [0.15, 0.2) is 69.2 Å². The second-order valence-electron chi connectivity index (χ2n) is 7.55. The second kappa shape index (κ2) is 10.0. The van der Waals surface area contributed by atoms with E-state index in [0.717, 1.165) is 16.8 Å². The summed E-state index contributed by atoms with van der Waals surface area (Å²) in [6.07, 6.45) is 2.33. The van der Waals surface area contributed by atoms with E-state index in [0.29, 0.717) is 59.2 Å². The zero-order valence-corrected chi connectivity index (χ0v) is 20.1. The Bertz CT molecular complexity index is 1510. The Morgan fingerprint density at radius 2 is 1.94 bits per heavy atom. The molecule has 0 saturated carbocycles. The summed E-state index contributed by atoms with van der Waals surface area (Å²) in [6.45, 7) is 3.68. The van der Waals surface area contributed by atoms with Gasteiger partial charge in [0.2, 0.25) is 11.7 Å². The summed E-state index contributed by atoms with van der Waals surface area (Å²) in [5.41, 5.74) is 2.19. The first kappa shape index (κ1) is 22.6. The summed E-state index contributed by atoms with van der Waals surface area (Å²) in [5, 5.41) is 10.6. The van der Waals surface area contributed by atoms with E-state index in [1.54, 1.807) is 16.9 Å². The Kier molecular flexibility index (Phi) is 6.66. The third kappa shape index (κ3) is 4.34. The minimum absolute atomic E-state index is 0.0792. The van der Waals surface area contributed by atoms with Crippen LogP contribution < -0.4 is 5.56 Å². The quantitative estimate of drug-likeness (QED) is 0.208. The molecule has 0 aliphatic carbocycles. The van der Waals surface area contributed by atoms with Gasteiger partial charge in [0.15, 0.2) is 5.16 Å². The minimum atomic E-state index is -0.0792. The number of hydrogen-bond donors (Lipinski definition) is 0. The number of oxazole rings is 1. The van der Waals surface area contributed by atoms with Crippen LogP contribution in [0.4, 0.5) is 0 Å². The molecule has 0 amide bonds. The smallest absolute Gasteiger partial charge is 0.262 e. The average Bonchev–Trinajstić information content (AvgIpc) is 3.50. The van der Waals surface area contributed by atoms with Crippen molar-refractivity contribution in [3.63, 3.8) is 0 Å². The average molecular weight is 496 g/mol. The van der Waals surface area contributed by atoms with E-state index in [9.17, 15) is 4.79 Å². The molecule has 0 fully saturated rings. The molecule has 5 aromatic rings. The monoisotopic (exact) mass is 495 g/mol. The van der Waals surface area contributed by atoms with Crippen molar-refractivity contribution >= 4 is 40.0 Å². The molecule has 5 rings (SSSR count). The highest BCUT2D eigenvalue weighted by Crippen LogP contribution is 2.29. The van der Waals surface area contributed by atoms with Crippen LogP contribution in [0.3, 0.4) is 0 Å². The molecule has 0 spiro atoms. The Labute approximate surface area is 204 Å².